The summed E-state index contributed by atoms with van der Waals surface area (Å²) in [5, 5.41) is 30.3. The van der Waals surface area contributed by atoms with Crippen LogP contribution in [0.25, 0.3) is 0 Å². The Kier molecular flexibility index (Phi) is 5.98. The highest BCUT2D eigenvalue weighted by Gasteiger charge is 2.51. The van der Waals surface area contributed by atoms with Crippen LogP contribution >= 0.6 is 0 Å². The van der Waals surface area contributed by atoms with Crippen molar-refractivity contribution < 1.29 is 29.5 Å². The Bertz CT molecular complexity index is 445. The maximum Gasteiger partial charge on any atom is 0.451 e. The maximum absolute atomic E-state index is 12.5. The number of carbonyl (C=O) groups excluding carboxylic acids is 1. The zero-order valence-electron chi connectivity index (χ0n) is 13.0. The molecule has 10 heteroatoms. The number of carboxylic acids is 1. The van der Waals surface area contributed by atoms with Gasteiger partial charge >= 0.3 is 13.1 Å². The van der Waals surface area contributed by atoms with Crippen molar-refractivity contribution in [1.29, 1.82) is 0 Å². The first-order valence-corrected chi connectivity index (χ1v) is 7.83. The molecule has 130 valence electrons. The van der Waals surface area contributed by atoms with Gasteiger partial charge in [0.15, 0.2) is 0 Å². The lowest BCUT2D eigenvalue weighted by Crippen LogP contribution is -2.56. The van der Waals surface area contributed by atoms with E-state index in [9.17, 15) is 14.7 Å². The van der Waals surface area contributed by atoms with Gasteiger partial charge in [-0.15, -0.1) is 0 Å². The molecule has 1 amide bonds. The predicted molar refractivity (Wildman–Crippen MR) is 81.5 cm³/mol. The second-order valence-corrected chi connectivity index (χ2v) is 6.25. The molecule has 0 aromatic heterocycles. The molecule has 0 spiro atoms. The van der Waals surface area contributed by atoms with Crippen LogP contribution in [-0.4, -0.2) is 83.5 Å². The summed E-state index contributed by atoms with van der Waals surface area (Å²) in [6.07, 6.45) is 0.998. The van der Waals surface area contributed by atoms with Gasteiger partial charge in [-0.1, -0.05) is 6.42 Å². The van der Waals surface area contributed by atoms with Crippen LogP contribution in [-0.2, 0) is 14.3 Å². The van der Waals surface area contributed by atoms with Gasteiger partial charge in [0.2, 0.25) is 5.91 Å². The molecule has 2 heterocycles. The Labute approximate surface area is 134 Å². The van der Waals surface area contributed by atoms with Crippen LogP contribution in [0.2, 0.25) is 6.32 Å². The Morgan fingerprint density at radius 3 is 2.74 bits per heavy atom. The lowest BCUT2D eigenvalue weighted by atomic mass is 9.78. The van der Waals surface area contributed by atoms with Crippen LogP contribution in [0.3, 0.4) is 0 Å². The predicted octanol–water partition coefficient (Wildman–Crippen LogP) is -2.53. The summed E-state index contributed by atoms with van der Waals surface area (Å²) in [5.41, 5.74) is 4.54. The van der Waals surface area contributed by atoms with Gasteiger partial charge < -0.3 is 35.8 Å². The fraction of sp³-hybridized carbons (Fsp3) is 0.846. The third kappa shape index (κ3) is 4.21. The largest absolute Gasteiger partial charge is 0.480 e. The van der Waals surface area contributed by atoms with E-state index < -0.39 is 30.6 Å². The number of nitrogens with zero attached hydrogens (tertiary/aromatic N) is 1. The first-order valence-electron chi connectivity index (χ1n) is 7.83. The average Bonchev–Trinajstić information content (AvgIpc) is 2.86. The molecule has 2 saturated heterocycles. The topological polar surface area (TPSA) is 145 Å². The van der Waals surface area contributed by atoms with E-state index in [1.807, 2.05) is 0 Å². The molecular formula is C13H24BN3O6. The van der Waals surface area contributed by atoms with E-state index in [0.717, 1.165) is 0 Å². The van der Waals surface area contributed by atoms with Crippen molar-refractivity contribution in [1.82, 2.24) is 10.2 Å². The zero-order valence-corrected chi connectivity index (χ0v) is 13.0. The highest BCUT2D eigenvalue weighted by molar-refractivity contribution is 6.40. The van der Waals surface area contributed by atoms with E-state index in [4.69, 9.17) is 20.5 Å². The van der Waals surface area contributed by atoms with Crippen LogP contribution in [0.1, 0.15) is 12.8 Å². The molecule has 0 aliphatic carbocycles. The molecule has 0 aromatic rings. The summed E-state index contributed by atoms with van der Waals surface area (Å²) < 4.78 is 5.27. The summed E-state index contributed by atoms with van der Waals surface area (Å²) in [4.78, 5) is 25.5. The number of nitrogens with two attached hydrogens (primary N) is 1. The SMILES string of the molecule is N[C@@]1(C(=O)O)CN(C(=O)[C@@H]2COCCN2)CC1CCCB(O)O. The van der Waals surface area contributed by atoms with Crippen LogP contribution in [0.5, 0.6) is 0 Å². The summed E-state index contributed by atoms with van der Waals surface area (Å²) >= 11 is 0. The zero-order chi connectivity index (χ0) is 17.0. The third-order valence-electron chi connectivity index (χ3n) is 4.57. The molecule has 3 atom stereocenters. The van der Waals surface area contributed by atoms with E-state index in [-0.39, 0.29) is 31.9 Å². The van der Waals surface area contributed by atoms with Crippen molar-refractivity contribution >= 4 is 19.0 Å². The highest BCUT2D eigenvalue weighted by Crippen LogP contribution is 2.31. The molecule has 0 bridgehead atoms. The van der Waals surface area contributed by atoms with Crippen molar-refractivity contribution in [2.24, 2.45) is 11.7 Å². The Morgan fingerprint density at radius 1 is 1.43 bits per heavy atom. The van der Waals surface area contributed by atoms with Gasteiger partial charge in [0.25, 0.3) is 0 Å². The minimum absolute atomic E-state index is 0.0499. The molecule has 0 saturated carbocycles. The molecule has 1 unspecified atom stereocenters. The smallest absolute Gasteiger partial charge is 0.451 e. The van der Waals surface area contributed by atoms with Crippen molar-refractivity contribution in [3.05, 3.63) is 0 Å². The second-order valence-electron chi connectivity index (χ2n) is 6.25. The van der Waals surface area contributed by atoms with Crippen molar-refractivity contribution in [2.75, 3.05) is 32.8 Å². The van der Waals surface area contributed by atoms with Gasteiger partial charge in [0.05, 0.1) is 13.2 Å². The Morgan fingerprint density at radius 2 is 2.17 bits per heavy atom. The number of ether oxygens (including phenoxy) is 1. The number of aliphatic carboxylic acids is 1. The van der Waals surface area contributed by atoms with E-state index in [0.29, 0.717) is 26.0 Å². The minimum atomic E-state index is -1.51. The Hall–Kier alpha value is -1.20. The maximum atomic E-state index is 12.5. The summed E-state index contributed by atoms with van der Waals surface area (Å²) in [6.45, 7) is 1.59. The van der Waals surface area contributed by atoms with Crippen LogP contribution in [0, 0.1) is 5.92 Å². The first-order chi connectivity index (χ1) is 10.8. The number of hydrogen-bond acceptors (Lipinski definition) is 7. The molecule has 23 heavy (non-hydrogen) atoms. The molecular weight excluding hydrogens is 305 g/mol. The molecule has 0 aromatic carbocycles. The molecule has 2 rings (SSSR count). The summed E-state index contributed by atoms with van der Waals surface area (Å²) in [5.74, 6) is -1.77. The molecule has 6 N–H and O–H groups in total. The monoisotopic (exact) mass is 329 g/mol. The van der Waals surface area contributed by atoms with Crippen LogP contribution in [0.15, 0.2) is 0 Å². The van der Waals surface area contributed by atoms with Crippen molar-refractivity contribution in [3.8, 4) is 0 Å². The van der Waals surface area contributed by atoms with E-state index in [2.05, 4.69) is 5.32 Å². The first kappa shape index (κ1) is 18.1. The van der Waals surface area contributed by atoms with Gasteiger partial charge in [-0.25, -0.2) is 0 Å². The Balaban J connectivity index is 2.00. The standard InChI is InChI=1S/C13H24BN3O6/c15-13(12(19)20)8-17(6-9(13)2-1-3-14(21)22)11(18)10-7-23-5-4-16-10/h9-10,16,21-22H,1-8,15H2,(H,19,20)/t9?,10-,13-/m0/s1. The summed E-state index contributed by atoms with van der Waals surface area (Å²) in [7, 11) is -1.42. The second kappa shape index (κ2) is 7.58. The normalized spacial score (nSPS) is 31.2. The number of rotatable bonds is 6. The fourth-order valence-corrected chi connectivity index (χ4v) is 3.19. The number of likely N-dealkylation sites (tertiary alicyclic amines) is 1. The quantitative estimate of drug-likeness (QED) is 0.335. The van der Waals surface area contributed by atoms with Gasteiger partial charge in [0.1, 0.15) is 11.6 Å². The highest BCUT2D eigenvalue weighted by atomic mass is 16.5. The molecule has 2 aliphatic rings. The van der Waals surface area contributed by atoms with E-state index in [1.165, 1.54) is 4.90 Å². The average molecular weight is 329 g/mol. The van der Waals surface area contributed by atoms with Gasteiger partial charge in [0, 0.05) is 25.6 Å². The van der Waals surface area contributed by atoms with Crippen LogP contribution in [0.4, 0.5) is 0 Å². The third-order valence-corrected chi connectivity index (χ3v) is 4.57. The molecule has 9 nitrogen and oxygen atoms in total. The molecule has 0 radical (unpaired) electrons. The number of carboxylic acid groups (broad SMARTS) is 1. The van der Waals surface area contributed by atoms with E-state index in [1.54, 1.807) is 0 Å². The lowest BCUT2D eigenvalue weighted by molar-refractivity contribution is -0.144. The van der Waals surface area contributed by atoms with Crippen molar-refractivity contribution in [3.63, 3.8) is 0 Å². The van der Waals surface area contributed by atoms with E-state index >= 15 is 0 Å². The van der Waals surface area contributed by atoms with Crippen molar-refractivity contribution in [2.45, 2.75) is 30.7 Å². The number of morpholine rings is 1. The number of carbonyl (C=O) groups is 2. The number of nitrogens with one attached hydrogen (secondary N) is 1. The van der Waals surface area contributed by atoms with Gasteiger partial charge in [-0.2, -0.15) is 0 Å². The van der Waals surface area contributed by atoms with Crippen LogP contribution < -0.4 is 11.1 Å². The lowest BCUT2D eigenvalue weighted by Gasteiger charge is -2.28. The minimum Gasteiger partial charge on any atom is -0.480 e. The molecule has 2 fully saturated rings. The number of hydrogen-bond donors (Lipinski definition) is 5. The summed E-state index contributed by atoms with van der Waals surface area (Å²) in [6, 6.07) is -0.472. The van der Waals surface area contributed by atoms with Gasteiger partial charge in [-0.3, -0.25) is 9.59 Å². The van der Waals surface area contributed by atoms with Gasteiger partial charge in [-0.05, 0) is 12.7 Å². The molecule has 2 aliphatic heterocycles. The number of amides is 1. The fourth-order valence-electron chi connectivity index (χ4n) is 3.19.